The molecule has 2 rings (SSSR count). The molecule has 4 nitrogen and oxygen atoms in total. The van der Waals surface area contributed by atoms with Crippen LogP contribution < -0.4 is 0 Å². The van der Waals surface area contributed by atoms with E-state index < -0.39 is 5.97 Å². The molecule has 2 aromatic heterocycles. The highest BCUT2D eigenvalue weighted by Crippen LogP contribution is 2.21. The molecule has 0 aliphatic carbocycles. The van der Waals surface area contributed by atoms with Gasteiger partial charge in [0.1, 0.15) is 5.65 Å². The van der Waals surface area contributed by atoms with Crippen molar-refractivity contribution in [2.75, 3.05) is 0 Å². The fourth-order valence-electron chi connectivity index (χ4n) is 1.48. The van der Waals surface area contributed by atoms with Crippen molar-refractivity contribution in [2.45, 2.75) is 26.2 Å². The summed E-state index contributed by atoms with van der Waals surface area (Å²) in [6.07, 6.45) is 3.46. The minimum Gasteiger partial charge on any atom is -0.478 e. The highest BCUT2D eigenvalue weighted by molar-refractivity contribution is 5.87. The van der Waals surface area contributed by atoms with Crippen LogP contribution in [0.4, 0.5) is 0 Å². The molecule has 0 atom stereocenters. The Bertz CT molecular complexity index is 550. The molecule has 16 heavy (non-hydrogen) atoms. The summed E-state index contributed by atoms with van der Waals surface area (Å²) in [5.41, 5.74) is 1.96. The molecule has 0 fully saturated rings. The Balaban J connectivity index is 2.59. The normalized spacial score (nSPS) is 11.9. The number of rotatable bonds is 1. The fraction of sp³-hybridized carbons (Fsp3) is 0.333. The Kier molecular flexibility index (Phi) is 2.22. The quantitative estimate of drug-likeness (QED) is 0.799. The van der Waals surface area contributed by atoms with Crippen molar-refractivity contribution in [3.63, 3.8) is 0 Å². The van der Waals surface area contributed by atoms with Crippen molar-refractivity contribution in [2.24, 2.45) is 0 Å². The first-order chi connectivity index (χ1) is 7.38. The third-order valence-corrected chi connectivity index (χ3v) is 2.47. The molecule has 0 spiro atoms. The van der Waals surface area contributed by atoms with Gasteiger partial charge in [0.25, 0.3) is 0 Å². The summed E-state index contributed by atoms with van der Waals surface area (Å²) in [5.74, 6) is -0.923. The van der Waals surface area contributed by atoms with Crippen LogP contribution in [0.3, 0.4) is 0 Å². The second kappa shape index (κ2) is 3.33. The Labute approximate surface area is 93.5 Å². The summed E-state index contributed by atoms with van der Waals surface area (Å²) in [7, 11) is 0. The minimum atomic E-state index is -0.923. The van der Waals surface area contributed by atoms with Gasteiger partial charge in [-0.15, -0.1) is 0 Å². The molecular weight excluding hydrogens is 204 g/mol. The number of carbonyl (C=O) groups is 1. The van der Waals surface area contributed by atoms with Gasteiger partial charge in [-0.05, 0) is 12.1 Å². The molecule has 0 aromatic carbocycles. The third kappa shape index (κ3) is 1.78. The summed E-state index contributed by atoms with van der Waals surface area (Å²) in [6, 6.07) is 3.29. The van der Waals surface area contributed by atoms with Crippen LogP contribution in [0.15, 0.2) is 24.5 Å². The number of aromatic carboxylic acids is 1. The van der Waals surface area contributed by atoms with Crippen LogP contribution in [0, 0.1) is 0 Å². The van der Waals surface area contributed by atoms with Crippen molar-refractivity contribution < 1.29 is 9.90 Å². The molecule has 0 saturated carbocycles. The van der Waals surface area contributed by atoms with E-state index in [4.69, 9.17) is 5.11 Å². The maximum absolute atomic E-state index is 10.8. The molecule has 0 unspecified atom stereocenters. The van der Waals surface area contributed by atoms with Gasteiger partial charge in [-0.2, -0.15) is 0 Å². The van der Waals surface area contributed by atoms with Crippen molar-refractivity contribution in [1.29, 1.82) is 0 Å². The molecule has 2 heterocycles. The number of carboxylic acid groups (broad SMARTS) is 1. The summed E-state index contributed by atoms with van der Waals surface area (Å²) < 4.78 is 1.75. The first kappa shape index (κ1) is 10.7. The topological polar surface area (TPSA) is 54.6 Å². The number of fused-ring (bicyclic) bond motifs is 1. The highest BCUT2D eigenvalue weighted by Gasteiger charge is 2.17. The predicted molar refractivity (Wildman–Crippen MR) is 60.9 cm³/mol. The lowest BCUT2D eigenvalue weighted by Crippen LogP contribution is -2.11. The molecule has 1 N–H and O–H groups in total. The van der Waals surface area contributed by atoms with E-state index in [1.807, 2.05) is 6.20 Å². The van der Waals surface area contributed by atoms with Crippen LogP contribution >= 0.6 is 0 Å². The summed E-state index contributed by atoms with van der Waals surface area (Å²) in [6.45, 7) is 6.23. The van der Waals surface area contributed by atoms with Crippen molar-refractivity contribution >= 4 is 11.6 Å². The first-order valence-electron chi connectivity index (χ1n) is 5.10. The SMILES string of the molecule is CC(C)(C)c1cn2cc(C(=O)O)ccc2n1. The number of pyridine rings is 1. The summed E-state index contributed by atoms with van der Waals surface area (Å²) >= 11 is 0. The summed E-state index contributed by atoms with van der Waals surface area (Å²) in [5, 5.41) is 8.88. The predicted octanol–water partition coefficient (Wildman–Crippen LogP) is 2.33. The molecule has 4 heteroatoms. The lowest BCUT2D eigenvalue weighted by molar-refractivity contribution is 0.0696. The van der Waals surface area contributed by atoms with E-state index in [1.54, 1.807) is 22.7 Å². The first-order valence-corrected chi connectivity index (χ1v) is 5.10. The largest absolute Gasteiger partial charge is 0.478 e. The van der Waals surface area contributed by atoms with Gasteiger partial charge < -0.3 is 9.51 Å². The van der Waals surface area contributed by atoms with E-state index in [1.165, 1.54) is 0 Å². The number of nitrogens with zero attached hydrogens (tertiary/aromatic N) is 2. The maximum Gasteiger partial charge on any atom is 0.337 e. The zero-order valence-electron chi connectivity index (χ0n) is 9.56. The Morgan fingerprint density at radius 2 is 2.00 bits per heavy atom. The summed E-state index contributed by atoms with van der Waals surface area (Å²) in [4.78, 5) is 15.3. The molecule has 0 radical (unpaired) electrons. The van der Waals surface area contributed by atoms with E-state index in [0.29, 0.717) is 0 Å². The Morgan fingerprint density at radius 3 is 2.56 bits per heavy atom. The van der Waals surface area contributed by atoms with E-state index in [0.717, 1.165) is 11.3 Å². The van der Waals surface area contributed by atoms with E-state index in [2.05, 4.69) is 25.8 Å². The smallest absolute Gasteiger partial charge is 0.337 e. The van der Waals surface area contributed by atoms with Gasteiger partial charge in [-0.1, -0.05) is 20.8 Å². The number of hydrogen-bond acceptors (Lipinski definition) is 2. The van der Waals surface area contributed by atoms with Crippen LogP contribution in [0.25, 0.3) is 5.65 Å². The Morgan fingerprint density at radius 1 is 1.31 bits per heavy atom. The average Bonchev–Trinajstić information content (AvgIpc) is 2.58. The third-order valence-electron chi connectivity index (χ3n) is 2.47. The number of aromatic nitrogens is 2. The van der Waals surface area contributed by atoms with E-state index >= 15 is 0 Å². The lowest BCUT2D eigenvalue weighted by atomic mass is 9.93. The van der Waals surface area contributed by atoms with Gasteiger partial charge in [0.15, 0.2) is 0 Å². The number of imidazole rings is 1. The molecule has 0 aliphatic rings. The standard InChI is InChI=1S/C12H14N2O2/c1-12(2,3)9-7-14-6-8(11(15)16)4-5-10(14)13-9/h4-7H,1-3H3,(H,15,16). The number of hydrogen-bond donors (Lipinski definition) is 1. The zero-order chi connectivity index (χ0) is 11.9. The van der Waals surface area contributed by atoms with Gasteiger partial charge in [-0.3, -0.25) is 0 Å². The fourth-order valence-corrected chi connectivity index (χ4v) is 1.48. The number of carboxylic acids is 1. The minimum absolute atomic E-state index is 0.0323. The monoisotopic (exact) mass is 218 g/mol. The van der Waals surface area contributed by atoms with Crippen molar-refractivity contribution in [3.8, 4) is 0 Å². The Hall–Kier alpha value is -1.84. The van der Waals surface area contributed by atoms with Crippen LogP contribution in [-0.4, -0.2) is 20.5 Å². The lowest BCUT2D eigenvalue weighted by Gasteiger charge is -2.13. The van der Waals surface area contributed by atoms with Crippen LogP contribution in [0.1, 0.15) is 36.8 Å². The van der Waals surface area contributed by atoms with Gasteiger partial charge in [0, 0.05) is 17.8 Å². The highest BCUT2D eigenvalue weighted by atomic mass is 16.4. The maximum atomic E-state index is 10.8. The zero-order valence-corrected chi connectivity index (χ0v) is 9.56. The van der Waals surface area contributed by atoms with Crippen LogP contribution in [0.2, 0.25) is 0 Å². The van der Waals surface area contributed by atoms with Crippen LogP contribution in [0.5, 0.6) is 0 Å². The average molecular weight is 218 g/mol. The van der Waals surface area contributed by atoms with Gasteiger partial charge >= 0.3 is 5.97 Å². The van der Waals surface area contributed by atoms with Crippen molar-refractivity contribution in [1.82, 2.24) is 9.38 Å². The van der Waals surface area contributed by atoms with Crippen LogP contribution in [-0.2, 0) is 5.41 Å². The molecule has 2 aromatic rings. The molecule has 0 aliphatic heterocycles. The van der Waals surface area contributed by atoms with E-state index in [9.17, 15) is 4.79 Å². The van der Waals surface area contributed by atoms with Gasteiger partial charge in [0.2, 0.25) is 0 Å². The molecule has 0 bridgehead atoms. The molecule has 0 amide bonds. The molecule has 84 valence electrons. The second-order valence-corrected chi connectivity index (χ2v) is 4.86. The molecule has 0 saturated heterocycles. The van der Waals surface area contributed by atoms with Gasteiger partial charge in [-0.25, -0.2) is 9.78 Å². The van der Waals surface area contributed by atoms with Gasteiger partial charge in [0.05, 0.1) is 11.3 Å². The second-order valence-electron chi connectivity index (χ2n) is 4.86. The molecular formula is C12H14N2O2. The van der Waals surface area contributed by atoms with E-state index in [-0.39, 0.29) is 11.0 Å². The van der Waals surface area contributed by atoms with Crippen molar-refractivity contribution in [3.05, 3.63) is 35.8 Å².